The smallest absolute Gasteiger partial charge is 0.335 e. The van der Waals surface area contributed by atoms with E-state index in [2.05, 4.69) is 41.5 Å². The molecular formula is C36H54O10. The van der Waals surface area contributed by atoms with Gasteiger partial charge in [0.05, 0.1) is 11.5 Å². The Kier molecular flexibility index (Phi) is 7.82. The number of carboxylic acids is 2. The number of aliphatic hydroxyl groups excluding tert-OH is 3. The van der Waals surface area contributed by atoms with Gasteiger partial charge in [-0.25, -0.2) is 4.79 Å². The Bertz CT molecular complexity index is 1340. The molecule has 0 aromatic rings. The Balaban J connectivity index is 1.31. The summed E-state index contributed by atoms with van der Waals surface area (Å²) in [6.07, 6.45) is 0.183. The minimum Gasteiger partial charge on any atom is -0.481 e. The van der Waals surface area contributed by atoms with Crippen molar-refractivity contribution in [1.82, 2.24) is 0 Å². The highest BCUT2D eigenvalue weighted by molar-refractivity contribution is 5.95. The largest absolute Gasteiger partial charge is 0.481 e. The Morgan fingerprint density at radius 1 is 0.848 bits per heavy atom. The van der Waals surface area contributed by atoms with Crippen molar-refractivity contribution in [2.45, 2.75) is 143 Å². The van der Waals surface area contributed by atoms with Crippen LogP contribution in [0.2, 0.25) is 0 Å². The van der Waals surface area contributed by atoms with Gasteiger partial charge in [0, 0.05) is 5.92 Å². The molecule has 5 fully saturated rings. The van der Waals surface area contributed by atoms with Crippen molar-refractivity contribution in [2.75, 3.05) is 0 Å². The summed E-state index contributed by atoms with van der Waals surface area (Å²) < 4.78 is 11.8. The molecule has 4 saturated carbocycles. The zero-order valence-electron chi connectivity index (χ0n) is 28.4. The fourth-order valence-electron chi connectivity index (χ4n) is 11.9. The van der Waals surface area contributed by atoms with Crippen LogP contribution in [0.1, 0.15) is 106 Å². The molecule has 0 aromatic heterocycles. The summed E-state index contributed by atoms with van der Waals surface area (Å²) in [5.41, 5.74) is -1.03. The molecule has 10 nitrogen and oxygen atoms in total. The SMILES string of the molecule is CC1(C)[C@H](O[C@@H]2O[C@H](C(=O)O)[C@@H](O)[C@H](O)[C@H]2O)CC[C@]2(C)[C@H]3C(=O)C=C4[C@@H]5C[C@](C)(C(=O)O)CC[C@]5(C)CC[C@@]4(C)[C@]3(C)CC[C@@H]12. The van der Waals surface area contributed by atoms with E-state index in [0.717, 1.165) is 32.1 Å². The van der Waals surface area contributed by atoms with Crippen molar-refractivity contribution in [3.63, 3.8) is 0 Å². The molecular weight excluding hydrogens is 592 g/mol. The number of carbonyl (C=O) groups is 3. The molecule has 14 atom stereocenters. The van der Waals surface area contributed by atoms with Crippen LogP contribution in [0.25, 0.3) is 0 Å². The summed E-state index contributed by atoms with van der Waals surface area (Å²) in [6, 6.07) is 0. The number of ether oxygens (including phenoxy) is 2. The highest BCUT2D eigenvalue weighted by atomic mass is 16.7. The first-order valence-electron chi connectivity index (χ1n) is 17.2. The summed E-state index contributed by atoms with van der Waals surface area (Å²) in [5.74, 6) is -2.15. The average Bonchev–Trinajstić information content (AvgIpc) is 2.96. The van der Waals surface area contributed by atoms with Crippen molar-refractivity contribution in [3.05, 3.63) is 11.6 Å². The Morgan fingerprint density at radius 2 is 1.50 bits per heavy atom. The number of allylic oxidation sites excluding steroid dienone is 2. The quantitative estimate of drug-likeness (QED) is 0.277. The van der Waals surface area contributed by atoms with Gasteiger partial charge in [-0.1, -0.05) is 47.1 Å². The fraction of sp³-hybridized carbons (Fsp3) is 0.861. The summed E-state index contributed by atoms with van der Waals surface area (Å²) in [5, 5.41) is 50.9. The Labute approximate surface area is 271 Å². The maximum absolute atomic E-state index is 14.6. The third kappa shape index (κ3) is 4.49. The van der Waals surface area contributed by atoms with Gasteiger partial charge in [-0.3, -0.25) is 9.59 Å². The van der Waals surface area contributed by atoms with Gasteiger partial charge in [-0.05, 0) is 110 Å². The second kappa shape index (κ2) is 10.6. The molecule has 0 amide bonds. The zero-order chi connectivity index (χ0) is 34.0. The van der Waals surface area contributed by atoms with Crippen LogP contribution in [-0.4, -0.2) is 80.1 Å². The lowest BCUT2D eigenvalue weighted by atomic mass is 9.33. The normalized spacial score (nSPS) is 53.1. The van der Waals surface area contributed by atoms with E-state index in [4.69, 9.17) is 9.47 Å². The monoisotopic (exact) mass is 646 g/mol. The summed E-state index contributed by atoms with van der Waals surface area (Å²) in [6.45, 7) is 15.3. The van der Waals surface area contributed by atoms with E-state index in [0.29, 0.717) is 25.7 Å². The minimum atomic E-state index is -1.79. The molecule has 46 heavy (non-hydrogen) atoms. The summed E-state index contributed by atoms with van der Waals surface area (Å²) in [7, 11) is 0. The number of ketones is 1. The molecule has 0 bridgehead atoms. The van der Waals surface area contributed by atoms with E-state index in [1.807, 2.05) is 13.0 Å². The van der Waals surface area contributed by atoms with Gasteiger partial charge in [-0.2, -0.15) is 0 Å². The molecule has 0 spiro atoms. The topological polar surface area (TPSA) is 171 Å². The third-order valence-corrected chi connectivity index (χ3v) is 15.1. The molecule has 6 rings (SSSR count). The Morgan fingerprint density at radius 3 is 2.13 bits per heavy atom. The number of carbonyl (C=O) groups excluding carboxylic acids is 1. The van der Waals surface area contributed by atoms with Gasteiger partial charge >= 0.3 is 11.9 Å². The lowest BCUT2D eigenvalue weighted by Gasteiger charge is -2.70. The van der Waals surface area contributed by atoms with Crippen LogP contribution in [0.3, 0.4) is 0 Å². The zero-order valence-corrected chi connectivity index (χ0v) is 28.4. The molecule has 0 aromatic carbocycles. The first kappa shape index (κ1) is 34.0. The summed E-state index contributed by atoms with van der Waals surface area (Å²) in [4.78, 5) is 38.7. The van der Waals surface area contributed by atoms with Crippen LogP contribution in [0.4, 0.5) is 0 Å². The van der Waals surface area contributed by atoms with Crippen LogP contribution >= 0.6 is 0 Å². The molecule has 10 heteroatoms. The number of carboxylic acid groups (broad SMARTS) is 2. The number of aliphatic carboxylic acids is 2. The van der Waals surface area contributed by atoms with Gasteiger partial charge in [0.25, 0.3) is 0 Å². The average molecular weight is 647 g/mol. The Hall–Kier alpha value is -1.85. The van der Waals surface area contributed by atoms with Gasteiger partial charge in [0.2, 0.25) is 0 Å². The lowest BCUT2D eigenvalue weighted by Crippen LogP contribution is -2.67. The van der Waals surface area contributed by atoms with Crippen molar-refractivity contribution in [2.24, 2.45) is 50.2 Å². The standard InChI is InChI=1S/C36H54O10/c1-31(2)21-8-11-36(7)27(34(21,5)10-9-22(31)45-29-25(40)23(38)24(39)26(46-29)28(41)42)20(37)16-18-19-17-33(4,30(43)44)13-12-32(19,3)14-15-35(18,36)6/h16,19,21-27,29,38-40H,8-15,17H2,1-7H3,(H,41,42)(H,43,44)/t19-,21-,22+,23-,24-,25+,26-,27+,29+,32+,33+,34-,35+,36+/m0/s1. The number of rotatable bonds is 4. The van der Waals surface area contributed by atoms with Gasteiger partial charge in [-0.15, -0.1) is 0 Å². The number of fused-ring (bicyclic) bond motifs is 7. The molecule has 1 heterocycles. The minimum absolute atomic E-state index is 0.0166. The van der Waals surface area contributed by atoms with Crippen LogP contribution in [0, 0.1) is 50.2 Å². The number of aliphatic hydroxyl groups is 3. The van der Waals surface area contributed by atoms with Crippen LogP contribution in [0.15, 0.2) is 11.6 Å². The molecule has 1 saturated heterocycles. The molecule has 1 aliphatic heterocycles. The van der Waals surface area contributed by atoms with Crippen LogP contribution in [-0.2, 0) is 23.9 Å². The second-order valence-electron chi connectivity index (χ2n) is 17.8. The van der Waals surface area contributed by atoms with E-state index in [1.165, 1.54) is 5.57 Å². The highest BCUT2D eigenvalue weighted by Crippen LogP contribution is 2.75. The maximum Gasteiger partial charge on any atom is 0.335 e. The summed E-state index contributed by atoms with van der Waals surface area (Å²) >= 11 is 0. The molecule has 6 aliphatic rings. The fourth-order valence-corrected chi connectivity index (χ4v) is 11.9. The van der Waals surface area contributed by atoms with Crippen molar-refractivity contribution < 1.29 is 49.4 Å². The highest BCUT2D eigenvalue weighted by Gasteiger charge is 2.70. The predicted molar refractivity (Wildman–Crippen MR) is 166 cm³/mol. The number of hydrogen-bond acceptors (Lipinski definition) is 8. The van der Waals surface area contributed by atoms with E-state index < -0.39 is 59.6 Å². The second-order valence-corrected chi connectivity index (χ2v) is 17.8. The third-order valence-electron chi connectivity index (χ3n) is 15.1. The molecule has 5 aliphatic carbocycles. The maximum atomic E-state index is 14.6. The van der Waals surface area contributed by atoms with Gasteiger partial charge in [0.1, 0.15) is 18.3 Å². The van der Waals surface area contributed by atoms with Crippen molar-refractivity contribution >= 4 is 17.7 Å². The van der Waals surface area contributed by atoms with E-state index in [1.54, 1.807) is 0 Å². The van der Waals surface area contributed by atoms with E-state index in [9.17, 15) is 39.9 Å². The molecule has 5 N–H and O–H groups in total. The van der Waals surface area contributed by atoms with Crippen LogP contribution < -0.4 is 0 Å². The number of hydrogen-bond donors (Lipinski definition) is 5. The first-order valence-corrected chi connectivity index (χ1v) is 17.2. The van der Waals surface area contributed by atoms with Gasteiger partial charge < -0.3 is 35.0 Å². The molecule has 0 unspecified atom stereocenters. The van der Waals surface area contributed by atoms with E-state index in [-0.39, 0.29) is 45.2 Å². The first-order chi connectivity index (χ1) is 21.2. The predicted octanol–water partition coefficient (Wildman–Crippen LogP) is 4.33. The van der Waals surface area contributed by atoms with Crippen LogP contribution in [0.5, 0.6) is 0 Å². The van der Waals surface area contributed by atoms with Crippen molar-refractivity contribution in [1.29, 1.82) is 0 Å². The van der Waals surface area contributed by atoms with E-state index >= 15 is 0 Å². The van der Waals surface area contributed by atoms with Crippen molar-refractivity contribution in [3.8, 4) is 0 Å². The lowest BCUT2D eigenvalue weighted by molar-refractivity contribution is -0.323. The molecule has 258 valence electrons. The van der Waals surface area contributed by atoms with Gasteiger partial charge in [0.15, 0.2) is 18.2 Å². The molecule has 0 radical (unpaired) electrons.